The van der Waals surface area contributed by atoms with Gasteiger partial charge in [0.25, 0.3) is 11.8 Å². The number of rotatable bonds is 3. The Bertz CT molecular complexity index is 903. The van der Waals surface area contributed by atoms with Crippen LogP contribution in [0, 0.1) is 0 Å². The van der Waals surface area contributed by atoms with Crippen LogP contribution >= 0.6 is 11.8 Å². The summed E-state index contributed by atoms with van der Waals surface area (Å²) in [6, 6.07) is 7.39. The standard InChI is InChI=1S/C19H21N5O2S/c1-20-17(25)12-5-3-6-13(9-12)24-11-14-7-4-8-23(14)16-15(18(24)26)10-21-19(22-16)27-2/h3,5-6,9-10,14H,4,7-8,11H2,1-2H3,(H,20,25). The molecule has 2 aliphatic heterocycles. The molecule has 1 atom stereocenters. The van der Waals surface area contributed by atoms with Gasteiger partial charge in [-0.25, -0.2) is 9.97 Å². The van der Waals surface area contributed by atoms with Gasteiger partial charge in [0, 0.05) is 43.6 Å². The Morgan fingerprint density at radius 2 is 2.22 bits per heavy atom. The molecule has 2 aromatic rings. The van der Waals surface area contributed by atoms with E-state index >= 15 is 0 Å². The van der Waals surface area contributed by atoms with Crippen molar-refractivity contribution < 1.29 is 9.59 Å². The Kier molecular flexibility index (Phi) is 4.73. The maximum absolute atomic E-state index is 13.3. The Morgan fingerprint density at radius 1 is 1.37 bits per heavy atom. The Hall–Kier alpha value is -2.61. The first kappa shape index (κ1) is 17.8. The second-order valence-corrected chi connectivity index (χ2v) is 7.40. The van der Waals surface area contributed by atoms with Crippen LogP contribution in [0.25, 0.3) is 0 Å². The van der Waals surface area contributed by atoms with Gasteiger partial charge in [0.05, 0.1) is 0 Å². The lowest BCUT2D eigenvalue weighted by atomic mass is 10.1. The van der Waals surface area contributed by atoms with Crippen LogP contribution in [0.1, 0.15) is 33.6 Å². The predicted octanol–water partition coefficient (Wildman–Crippen LogP) is 2.19. The molecule has 27 heavy (non-hydrogen) atoms. The summed E-state index contributed by atoms with van der Waals surface area (Å²) in [5.41, 5.74) is 1.77. The third-order valence-corrected chi connectivity index (χ3v) is 5.66. The Morgan fingerprint density at radius 3 is 3.00 bits per heavy atom. The number of aromatic nitrogens is 2. The Labute approximate surface area is 162 Å². The zero-order valence-electron chi connectivity index (χ0n) is 15.3. The van der Waals surface area contributed by atoms with E-state index in [2.05, 4.69) is 20.2 Å². The van der Waals surface area contributed by atoms with Crippen LogP contribution in [0.15, 0.2) is 35.6 Å². The number of amides is 2. The van der Waals surface area contributed by atoms with E-state index in [1.165, 1.54) is 11.8 Å². The number of hydrogen-bond donors (Lipinski definition) is 1. The van der Waals surface area contributed by atoms with Crippen molar-refractivity contribution >= 4 is 35.1 Å². The summed E-state index contributed by atoms with van der Waals surface area (Å²) in [5, 5.41) is 3.30. The van der Waals surface area contributed by atoms with Crippen molar-refractivity contribution in [3.8, 4) is 0 Å². The Balaban J connectivity index is 1.79. The fourth-order valence-corrected chi connectivity index (χ4v) is 4.09. The number of nitrogens with zero attached hydrogens (tertiary/aromatic N) is 4. The van der Waals surface area contributed by atoms with Crippen molar-refractivity contribution in [2.24, 2.45) is 0 Å². The predicted molar refractivity (Wildman–Crippen MR) is 106 cm³/mol. The molecule has 8 heteroatoms. The molecule has 2 amide bonds. The van der Waals surface area contributed by atoms with Crippen LogP contribution in [0.5, 0.6) is 0 Å². The lowest BCUT2D eigenvalue weighted by molar-refractivity contribution is 0.0959. The molecule has 1 unspecified atom stereocenters. The maximum atomic E-state index is 13.3. The molecule has 140 valence electrons. The summed E-state index contributed by atoms with van der Waals surface area (Å²) in [6.45, 7) is 1.46. The number of hydrogen-bond acceptors (Lipinski definition) is 6. The molecule has 7 nitrogen and oxygen atoms in total. The zero-order valence-corrected chi connectivity index (χ0v) is 16.1. The fraction of sp³-hybridized carbons (Fsp3) is 0.368. The summed E-state index contributed by atoms with van der Waals surface area (Å²) in [7, 11) is 1.60. The number of nitrogens with one attached hydrogen (secondary N) is 1. The van der Waals surface area contributed by atoms with Crippen molar-refractivity contribution in [2.75, 3.05) is 36.2 Å². The van der Waals surface area contributed by atoms with Gasteiger partial charge in [-0.2, -0.15) is 0 Å². The highest BCUT2D eigenvalue weighted by atomic mass is 32.2. The quantitative estimate of drug-likeness (QED) is 0.647. The molecule has 2 aliphatic rings. The van der Waals surface area contributed by atoms with Gasteiger partial charge in [-0.15, -0.1) is 0 Å². The van der Waals surface area contributed by atoms with E-state index in [9.17, 15) is 9.59 Å². The lowest BCUT2D eigenvalue weighted by Gasteiger charge is -2.27. The van der Waals surface area contributed by atoms with E-state index in [4.69, 9.17) is 0 Å². The topological polar surface area (TPSA) is 78.4 Å². The molecule has 1 fully saturated rings. The van der Waals surface area contributed by atoms with Gasteiger partial charge in [-0.1, -0.05) is 17.8 Å². The lowest BCUT2D eigenvalue weighted by Crippen LogP contribution is -2.39. The zero-order chi connectivity index (χ0) is 19.0. The molecule has 3 heterocycles. The number of thioether (sulfide) groups is 1. The number of carbonyl (C=O) groups excluding carboxylic acids is 2. The molecule has 0 saturated carbocycles. The average molecular weight is 383 g/mol. The fourth-order valence-electron chi connectivity index (χ4n) is 3.75. The maximum Gasteiger partial charge on any atom is 0.263 e. The van der Waals surface area contributed by atoms with Crippen LogP contribution in [-0.4, -0.2) is 54.2 Å². The van der Waals surface area contributed by atoms with Crippen molar-refractivity contribution in [1.82, 2.24) is 15.3 Å². The van der Waals surface area contributed by atoms with Crippen LogP contribution in [0.2, 0.25) is 0 Å². The van der Waals surface area contributed by atoms with Crippen molar-refractivity contribution in [2.45, 2.75) is 24.0 Å². The van der Waals surface area contributed by atoms with Crippen molar-refractivity contribution in [3.05, 3.63) is 41.6 Å². The number of fused-ring (bicyclic) bond motifs is 3. The van der Waals surface area contributed by atoms with Gasteiger partial charge in [0.15, 0.2) is 5.16 Å². The molecule has 0 bridgehead atoms. The van der Waals surface area contributed by atoms with Crippen LogP contribution in [0.3, 0.4) is 0 Å². The highest BCUT2D eigenvalue weighted by molar-refractivity contribution is 7.98. The smallest absolute Gasteiger partial charge is 0.263 e. The second-order valence-electron chi connectivity index (χ2n) is 6.63. The monoisotopic (exact) mass is 383 g/mol. The van der Waals surface area contributed by atoms with Gasteiger partial charge in [0.2, 0.25) is 0 Å². The molecule has 1 aromatic carbocycles. The molecular weight excluding hydrogens is 362 g/mol. The molecule has 0 radical (unpaired) electrons. The minimum Gasteiger partial charge on any atom is -0.355 e. The first-order valence-corrected chi connectivity index (χ1v) is 10.2. The van der Waals surface area contributed by atoms with Gasteiger partial charge >= 0.3 is 0 Å². The molecule has 1 saturated heterocycles. The minimum atomic E-state index is -0.171. The minimum absolute atomic E-state index is 0.124. The summed E-state index contributed by atoms with van der Waals surface area (Å²) in [6.07, 6.45) is 5.64. The van der Waals surface area contributed by atoms with Crippen molar-refractivity contribution in [3.63, 3.8) is 0 Å². The SMILES string of the molecule is CNC(=O)c1cccc(N2CC3CCCN3c3nc(SC)ncc3C2=O)c1. The molecule has 1 N–H and O–H groups in total. The van der Waals surface area contributed by atoms with E-state index in [0.29, 0.717) is 22.8 Å². The van der Waals surface area contributed by atoms with Crippen LogP contribution in [-0.2, 0) is 0 Å². The van der Waals surface area contributed by atoms with E-state index in [1.807, 2.05) is 12.3 Å². The van der Waals surface area contributed by atoms with E-state index in [1.54, 1.807) is 36.3 Å². The van der Waals surface area contributed by atoms with E-state index in [-0.39, 0.29) is 17.9 Å². The third-order valence-electron chi connectivity index (χ3n) is 5.09. The van der Waals surface area contributed by atoms with Crippen LogP contribution < -0.4 is 15.1 Å². The second kappa shape index (κ2) is 7.19. The van der Waals surface area contributed by atoms with Crippen LogP contribution in [0.4, 0.5) is 11.5 Å². The van der Waals surface area contributed by atoms with E-state index < -0.39 is 0 Å². The largest absolute Gasteiger partial charge is 0.355 e. The van der Waals surface area contributed by atoms with E-state index in [0.717, 1.165) is 30.9 Å². The van der Waals surface area contributed by atoms with Gasteiger partial charge in [-0.05, 0) is 37.3 Å². The third kappa shape index (κ3) is 3.14. The first-order valence-electron chi connectivity index (χ1n) is 8.94. The summed E-state index contributed by atoms with van der Waals surface area (Å²) >= 11 is 1.47. The average Bonchev–Trinajstić information content (AvgIpc) is 3.14. The van der Waals surface area contributed by atoms with Gasteiger partial charge < -0.3 is 15.1 Å². The molecule has 0 aliphatic carbocycles. The number of benzene rings is 1. The number of carbonyl (C=O) groups is 2. The molecule has 4 rings (SSSR count). The summed E-state index contributed by atoms with van der Waals surface area (Å²) < 4.78 is 0. The normalized spacial score (nSPS) is 18.7. The van der Waals surface area contributed by atoms with Crippen molar-refractivity contribution in [1.29, 1.82) is 0 Å². The summed E-state index contributed by atoms with van der Waals surface area (Å²) in [5.74, 6) is 0.433. The highest BCUT2D eigenvalue weighted by Gasteiger charge is 2.37. The van der Waals surface area contributed by atoms with Gasteiger partial charge in [0.1, 0.15) is 11.4 Å². The summed E-state index contributed by atoms with van der Waals surface area (Å²) in [4.78, 5) is 38.3. The molecule has 1 aromatic heterocycles. The first-order chi connectivity index (χ1) is 13.1. The number of anilines is 2. The molecular formula is C19H21N5O2S. The van der Waals surface area contributed by atoms with Gasteiger partial charge in [-0.3, -0.25) is 9.59 Å². The molecule has 0 spiro atoms. The highest BCUT2D eigenvalue weighted by Crippen LogP contribution is 2.34.